The molecule has 1 amide bonds. The molecule has 2 heterocycles. The second-order valence-corrected chi connectivity index (χ2v) is 8.37. The van der Waals surface area contributed by atoms with Gasteiger partial charge >= 0.3 is 0 Å². The minimum Gasteiger partial charge on any atom is -0.376 e. The highest BCUT2D eigenvalue weighted by Crippen LogP contribution is 2.17. The number of nitrogens with zero attached hydrogens (tertiary/aromatic N) is 2. The van der Waals surface area contributed by atoms with Crippen LogP contribution >= 0.6 is 35.3 Å². The van der Waals surface area contributed by atoms with Crippen LogP contribution in [0, 0.1) is 5.92 Å². The standard InChI is InChI=1S/C23H32N4O2S.HI/c1-2-24-23(26-13-7-12-25-22(28)21-10-6-15-30-21)27-14-11-20(16-27)18-29-17-19-8-4-3-5-9-19;/h3-6,8-10,15,20H,2,7,11-14,16-18H2,1H3,(H,24,26)(H,25,28);1H. The van der Waals surface area contributed by atoms with E-state index in [9.17, 15) is 4.79 Å². The molecule has 2 N–H and O–H groups in total. The van der Waals surface area contributed by atoms with Crippen LogP contribution in [-0.4, -0.2) is 56.1 Å². The predicted molar refractivity (Wildman–Crippen MR) is 138 cm³/mol. The first kappa shape index (κ1) is 25.6. The van der Waals surface area contributed by atoms with Crippen LogP contribution in [0.2, 0.25) is 0 Å². The van der Waals surface area contributed by atoms with Gasteiger partial charge in [-0.25, -0.2) is 0 Å². The molecule has 1 aromatic carbocycles. The van der Waals surface area contributed by atoms with Gasteiger partial charge in [0, 0.05) is 38.6 Å². The van der Waals surface area contributed by atoms with Crippen LogP contribution in [0.5, 0.6) is 0 Å². The van der Waals surface area contributed by atoms with Gasteiger partial charge in [0.2, 0.25) is 0 Å². The molecule has 1 aliphatic heterocycles. The Morgan fingerprint density at radius 2 is 2.06 bits per heavy atom. The van der Waals surface area contributed by atoms with Gasteiger partial charge in [0.05, 0.1) is 18.1 Å². The lowest BCUT2D eigenvalue weighted by Gasteiger charge is -2.21. The van der Waals surface area contributed by atoms with Crippen molar-refractivity contribution in [3.8, 4) is 0 Å². The molecule has 31 heavy (non-hydrogen) atoms. The average molecular weight is 557 g/mol. The van der Waals surface area contributed by atoms with E-state index < -0.39 is 0 Å². The molecule has 0 bridgehead atoms. The Morgan fingerprint density at radius 1 is 1.23 bits per heavy atom. The van der Waals surface area contributed by atoms with Crippen molar-refractivity contribution in [2.24, 2.45) is 10.9 Å². The highest BCUT2D eigenvalue weighted by molar-refractivity contribution is 14.0. The van der Waals surface area contributed by atoms with Gasteiger partial charge in [-0.3, -0.25) is 9.79 Å². The highest BCUT2D eigenvalue weighted by Gasteiger charge is 2.24. The third kappa shape index (κ3) is 8.78. The average Bonchev–Trinajstić information content (AvgIpc) is 3.46. The van der Waals surface area contributed by atoms with E-state index in [4.69, 9.17) is 9.73 Å². The zero-order valence-electron chi connectivity index (χ0n) is 18.1. The van der Waals surface area contributed by atoms with E-state index in [2.05, 4.69) is 34.6 Å². The van der Waals surface area contributed by atoms with Crippen molar-refractivity contribution in [2.75, 3.05) is 39.3 Å². The molecule has 0 spiro atoms. The maximum absolute atomic E-state index is 12.0. The molecule has 1 aliphatic rings. The van der Waals surface area contributed by atoms with Gasteiger partial charge in [-0.1, -0.05) is 36.4 Å². The summed E-state index contributed by atoms with van der Waals surface area (Å²) in [5.41, 5.74) is 1.22. The van der Waals surface area contributed by atoms with Crippen LogP contribution in [0.4, 0.5) is 0 Å². The van der Waals surface area contributed by atoms with Crippen LogP contribution in [-0.2, 0) is 11.3 Å². The number of carbonyl (C=O) groups excluding carboxylic acids is 1. The molecule has 0 saturated carbocycles. The van der Waals surface area contributed by atoms with E-state index in [1.54, 1.807) is 0 Å². The minimum atomic E-state index is -0.00114. The van der Waals surface area contributed by atoms with Gasteiger partial charge in [-0.2, -0.15) is 0 Å². The monoisotopic (exact) mass is 556 g/mol. The first-order valence-electron chi connectivity index (χ1n) is 10.7. The summed E-state index contributed by atoms with van der Waals surface area (Å²) in [6.45, 7) is 7.68. The second kappa shape index (κ2) is 14.4. The summed E-state index contributed by atoms with van der Waals surface area (Å²) in [4.78, 5) is 19.8. The smallest absolute Gasteiger partial charge is 0.261 e. The number of hydrogen-bond donors (Lipinski definition) is 2. The molecule has 0 radical (unpaired) electrons. The molecule has 1 saturated heterocycles. The Labute approximate surface area is 206 Å². The third-order valence-electron chi connectivity index (χ3n) is 5.01. The number of benzene rings is 1. The fraction of sp³-hybridized carbons (Fsp3) is 0.478. The number of guanidine groups is 1. The molecular formula is C23H33IN4O2S. The molecule has 6 nitrogen and oxygen atoms in total. The number of thiophene rings is 1. The molecule has 8 heteroatoms. The molecule has 2 aromatic rings. The van der Waals surface area contributed by atoms with Crippen molar-refractivity contribution >= 4 is 47.2 Å². The zero-order valence-corrected chi connectivity index (χ0v) is 21.2. The molecule has 1 unspecified atom stereocenters. The molecule has 1 atom stereocenters. The summed E-state index contributed by atoms with van der Waals surface area (Å²) < 4.78 is 5.93. The summed E-state index contributed by atoms with van der Waals surface area (Å²) in [7, 11) is 0. The second-order valence-electron chi connectivity index (χ2n) is 7.42. The number of halogens is 1. The maximum Gasteiger partial charge on any atom is 0.261 e. The Balaban J connectivity index is 0.00000341. The van der Waals surface area contributed by atoms with Crippen LogP contribution in [0.1, 0.15) is 35.0 Å². The van der Waals surface area contributed by atoms with Crippen molar-refractivity contribution in [2.45, 2.75) is 26.4 Å². The number of hydrogen-bond acceptors (Lipinski definition) is 4. The van der Waals surface area contributed by atoms with E-state index in [0.717, 1.165) is 49.9 Å². The Morgan fingerprint density at radius 3 is 2.81 bits per heavy atom. The number of carbonyl (C=O) groups is 1. The van der Waals surface area contributed by atoms with Gasteiger partial charge in [-0.05, 0) is 36.8 Å². The topological polar surface area (TPSA) is 66.0 Å². The fourth-order valence-corrected chi connectivity index (χ4v) is 4.11. The van der Waals surface area contributed by atoms with Gasteiger partial charge < -0.3 is 20.3 Å². The van der Waals surface area contributed by atoms with Crippen molar-refractivity contribution in [1.29, 1.82) is 0 Å². The quantitative estimate of drug-likeness (QED) is 0.201. The van der Waals surface area contributed by atoms with Crippen molar-refractivity contribution in [3.05, 3.63) is 58.3 Å². The summed E-state index contributed by atoms with van der Waals surface area (Å²) >= 11 is 1.46. The fourth-order valence-electron chi connectivity index (χ4n) is 3.47. The van der Waals surface area contributed by atoms with Crippen molar-refractivity contribution < 1.29 is 9.53 Å². The number of amides is 1. The van der Waals surface area contributed by atoms with Gasteiger partial charge in [-0.15, -0.1) is 35.3 Å². The van der Waals surface area contributed by atoms with Gasteiger partial charge in [0.1, 0.15) is 0 Å². The zero-order chi connectivity index (χ0) is 21.0. The summed E-state index contributed by atoms with van der Waals surface area (Å²) in [6.07, 6.45) is 1.94. The lowest BCUT2D eigenvalue weighted by Crippen LogP contribution is -2.40. The van der Waals surface area contributed by atoms with Crippen LogP contribution in [0.3, 0.4) is 0 Å². The summed E-state index contributed by atoms with van der Waals surface area (Å²) in [5, 5.41) is 8.27. The van der Waals surface area contributed by atoms with E-state index >= 15 is 0 Å². The van der Waals surface area contributed by atoms with E-state index in [0.29, 0.717) is 25.6 Å². The van der Waals surface area contributed by atoms with Gasteiger partial charge in [0.15, 0.2) is 5.96 Å². The first-order valence-corrected chi connectivity index (χ1v) is 11.6. The largest absolute Gasteiger partial charge is 0.376 e. The summed E-state index contributed by atoms with van der Waals surface area (Å²) in [5.74, 6) is 1.49. The van der Waals surface area contributed by atoms with Crippen LogP contribution < -0.4 is 10.6 Å². The summed E-state index contributed by atoms with van der Waals surface area (Å²) in [6, 6.07) is 14.0. The molecular weight excluding hydrogens is 523 g/mol. The lowest BCUT2D eigenvalue weighted by molar-refractivity contribution is 0.0906. The maximum atomic E-state index is 12.0. The van der Waals surface area contributed by atoms with Crippen molar-refractivity contribution in [3.63, 3.8) is 0 Å². The molecule has 0 aliphatic carbocycles. The van der Waals surface area contributed by atoms with E-state index in [-0.39, 0.29) is 29.9 Å². The minimum absolute atomic E-state index is 0. The number of nitrogens with one attached hydrogen (secondary N) is 2. The van der Waals surface area contributed by atoms with Crippen LogP contribution in [0.25, 0.3) is 0 Å². The Kier molecular flexibility index (Phi) is 11.9. The SMILES string of the molecule is CCNC(=NCCCNC(=O)c1cccs1)N1CCC(COCc2ccccc2)C1.I. The first-order chi connectivity index (χ1) is 14.8. The highest BCUT2D eigenvalue weighted by atomic mass is 127. The van der Waals surface area contributed by atoms with E-state index in [1.807, 2.05) is 35.7 Å². The molecule has 3 rings (SSSR count). The third-order valence-corrected chi connectivity index (χ3v) is 5.88. The number of aliphatic imine (C=N–C) groups is 1. The van der Waals surface area contributed by atoms with Crippen molar-refractivity contribution in [1.82, 2.24) is 15.5 Å². The van der Waals surface area contributed by atoms with Crippen LogP contribution in [0.15, 0.2) is 52.8 Å². The molecule has 1 fully saturated rings. The number of ether oxygens (including phenoxy) is 1. The van der Waals surface area contributed by atoms with Gasteiger partial charge in [0.25, 0.3) is 5.91 Å². The number of likely N-dealkylation sites (tertiary alicyclic amines) is 1. The molecule has 1 aromatic heterocycles. The number of rotatable bonds is 10. The molecule has 170 valence electrons. The normalized spacial score (nSPS) is 16.1. The Bertz CT molecular complexity index is 786. The Hall–Kier alpha value is -1.65. The lowest BCUT2D eigenvalue weighted by atomic mass is 10.1. The predicted octanol–water partition coefficient (Wildman–Crippen LogP) is 3.99. The van der Waals surface area contributed by atoms with E-state index in [1.165, 1.54) is 16.9 Å².